The van der Waals surface area contributed by atoms with Crippen LogP contribution in [0.2, 0.25) is 0 Å². The van der Waals surface area contributed by atoms with Gasteiger partial charge in [-0.2, -0.15) is 8.78 Å². The first kappa shape index (κ1) is 16.4. The number of alkyl halides is 2. The molecule has 1 aromatic carbocycles. The van der Waals surface area contributed by atoms with Gasteiger partial charge in [0, 0.05) is 37.2 Å². The van der Waals surface area contributed by atoms with E-state index in [1.54, 1.807) is 24.5 Å². The van der Waals surface area contributed by atoms with E-state index in [-0.39, 0.29) is 11.8 Å². The number of aryl methyl sites for hydroxylation is 1. The minimum absolute atomic E-state index is 0.175. The van der Waals surface area contributed by atoms with Gasteiger partial charge in [0.25, 0.3) is 0 Å². The van der Waals surface area contributed by atoms with Crippen molar-refractivity contribution in [2.45, 2.75) is 32.4 Å². The average Bonchev–Trinajstić information content (AvgIpc) is 2.57. The molecule has 2 aromatic rings. The van der Waals surface area contributed by atoms with E-state index in [9.17, 15) is 8.78 Å². The smallest absolute Gasteiger partial charge is 0.387 e. The molecule has 2 heterocycles. The number of nitrogens with one attached hydrogen (secondary N) is 1. The van der Waals surface area contributed by atoms with Gasteiger partial charge in [-0.05, 0) is 49.6 Å². The normalized spacial score (nSPS) is 17.8. The summed E-state index contributed by atoms with van der Waals surface area (Å²) < 4.78 is 28.8. The Morgan fingerprint density at radius 2 is 1.92 bits per heavy atom. The van der Waals surface area contributed by atoms with Gasteiger partial charge in [-0.25, -0.2) is 9.97 Å². The second kappa shape index (κ2) is 7.42. The van der Waals surface area contributed by atoms with Crippen molar-refractivity contribution in [1.29, 1.82) is 0 Å². The number of benzene rings is 1. The maximum atomic E-state index is 12.2. The topological polar surface area (TPSA) is 50.3 Å². The molecule has 128 valence electrons. The number of nitrogens with zero attached hydrogens (tertiary/aromatic N) is 3. The summed E-state index contributed by atoms with van der Waals surface area (Å²) in [5.41, 5.74) is 2.02. The monoisotopic (exact) mass is 334 g/mol. The summed E-state index contributed by atoms with van der Waals surface area (Å²) in [5.74, 6) is 0.807. The molecule has 0 radical (unpaired) electrons. The number of aromatic nitrogens is 2. The largest absolute Gasteiger partial charge is 0.435 e. The molecule has 1 N–H and O–H groups in total. The maximum Gasteiger partial charge on any atom is 0.387 e. The van der Waals surface area contributed by atoms with Crippen LogP contribution in [0.25, 0.3) is 0 Å². The molecule has 1 aromatic heterocycles. The molecule has 5 nitrogen and oxygen atoms in total. The van der Waals surface area contributed by atoms with E-state index >= 15 is 0 Å². The Balaban J connectivity index is 1.61. The standard InChI is InChI=1S/C17H20F2N4O/c1-12-9-20-17(21-10-12)22-13-3-2-8-23(11-13)14-4-6-15(7-5-14)24-16(18)19/h4-7,9-10,13,16H,2-3,8,11H2,1H3,(H,20,21,22). The number of rotatable bonds is 5. The van der Waals surface area contributed by atoms with Crippen molar-refractivity contribution in [3.8, 4) is 5.75 Å². The van der Waals surface area contributed by atoms with Crippen LogP contribution in [0, 0.1) is 6.92 Å². The van der Waals surface area contributed by atoms with Crippen molar-refractivity contribution in [2.75, 3.05) is 23.3 Å². The number of ether oxygens (including phenoxy) is 1. The van der Waals surface area contributed by atoms with Crippen LogP contribution in [0.1, 0.15) is 18.4 Å². The van der Waals surface area contributed by atoms with Crippen molar-refractivity contribution in [3.63, 3.8) is 0 Å². The lowest BCUT2D eigenvalue weighted by Gasteiger charge is -2.34. The van der Waals surface area contributed by atoms with Crippen molar-refractivity contribution >= 4 is 11.6 Å². The molecule has 1 aliphatic rings. The molecule has 7 heteroatoms. The molecule has 0 saturated carbocycles. The molecule has 0 amide bonds. The first-order valence-corrected chi connectivity index (χ1v) is 7.95. The van der Waals surface area contributed by atoms with Gasteiger partial charge in [-0.15, -0.1) is 0 Å². The fourth-order valence-electron chi connectivity index (χ4n) is 2.82. The van der Waals surface area contributed by atoms with E-state index < -0.39 is 6.61 Å². The van der Waals surface area contributed by atoms with Gasteiger partial charge < -0.3 is 15.0 Å². The van der Waals surface area contributed by atoms with Crippen LogP contribution in [0.15, 0.2) is 36.7 Å². The third-order valence-corrected chi connectivity index (χ3v) is 3.96. The van der Waals surface area contributed by atoms with E-state index in [0.717, 1.165) is 37.2 Å². The highest BCUT2D eigenvalue weighted by atomic mass is 19.3. The van der Waals surface area contributed by atoms with Crippen LogP contribution < -0.4 is 15.0 Å². The Morgan fingerprint density at radius 1 is 1.21 bits per heavy atom. The summed E-state index contributed by atoms with van der Waals surface area (Å²) in [5, 5.41) is 3.36. The SMILES string of the molecule is Cc1cnc(NC2CCCN(c3ccc(OC(F)F)cc3)C2)nc1. The van der Waals surface area contributed by atoms with E-state index in [4.69, 9.17) is 0 Å². The molecule has 24 heavy (non-hydrogen) atoms. The van der Waals surface area contributed by atoms with E-state index in [1.165, 1.54) is 0 Å². The Kier molecular flexibility index (Phi) is 5.08. The molecule has 1 unspecified atom stereocenters. The van der Waals surface area contributed by atoms with E-state index in [1.807, 2.05) is 19.1 Å². The van der Waals surface area contributed by atoms with Crippen LogP contribution in [-0.4, -0.2) is 35.7 Å². The number of hydrogen-bond acceptors (Lipinski definition) is 5. The van der Waals surface area contributed by atoms with Gasteiger partial charge in [0.15, 0.2) is 0 Å². The fourth-order valence-corrected chi connectivity index (χ4v) is 2.82. The van der Waals surface area contributed by atoms with Crippen molar-refractivity contribution in [2.24, 2.45) is 0 Å². The van der Waals surface area contributed by atoms with Gasteiger partial charge in [0.05, 0.1) is 0 Å². The van der Waals surface area contributed by atoms with Gasteiger partial charge in [0.2, 0.25) is 5.95 Å². The molecular weight excluding hydrogens is 314 g/mol. The van der Waals surface area contributed by atoms with Crippen molar-refractivity contribution < 1.29 is 13.5 Å². The zero-order valence-corrected chi connectivity index (χ0v) is 13.5. The Hall–Kier alpha value is -2.44. The highest BCUT2D eigenvalue weighted by Gasteiger charge is 2.21. The zero-order valence-electron chi connectivity index (χ0n) is 13.5. The molecule has 0 spiro atoms. The quantitative estimate of drug-likeness (QED) is 0.907. The lowest BCUT2D eigenvalue weighted by molar-refractivity contribution is -0.0498. The predicted octanol–water partition coefficient (Wildman–Crippen LogP) is 3.47. The highest BCUT2D eigenvalue weighted by Crippen LogP contribution is 2.24. The average molecular weight is 334 g/mol. The summed E-state index contributed by atoms with van der Waals surface area (Å²) in [7, 11) is 0. The van der Waals surface area contributed by atoms with Gasteiger partial charge in [-0.1, -0.05) is 0 Å². The molecule has 0 aliphatic carbocycles. The first-order valence-electron chi connectivity index (χ1n) is 7.95. The molecule has 1 aliphatic heterocycles. The number of piperidine rings is 1. The van der Waals surface area contributed by atoms with E-state index in [2.05, 4.69) is 24.9 Å². The zero-order chi connectivity index (χ0) is 16.9. The van der Waals surface area contributed by atoms with Crippen molar-refractivity contribution in [1.82, 2.24) is 9.97 Å². The predicted molar refractivity (Wildman–Crippen MR) is 88.7 cm³/mol. The lowest BCUT2D eigenvalue weighted by Crippen LogP contribution is -2.42. The fraction of sp³-hybridized carbons (Fsp3) is 0.412. The van der Waals surface area contributed by atoms with Crippen LogP contribution in [-0.2, 0) is 0 Å². The van der Waals surface area contributed by atoms with Crippen molar-refractivity contribution in [3.05, 3.63) is 42.2 Å². The summed E-state index contributed by atoms with van der Waals surface area (Å²) in [6.07, 6.45) is 5.66. The second-order valence-electron chi connectivity index (χ2n) is 5.89. The van der Waals surface area contributed by atoms with E-state index in [0.29, 0.717) is 5.95 Å². The lowest BCUT2D eigenvalue weighted by atomic mass is 10.0. The molecule has 1 atom stereocenters. The minimum Gasteiger partial charge on any atom is -0.435 e. The molecule has 1 fully saturated rings. The van der Waals surface area contributed by atoms with Crippen LogP contribution in [0.4, 0.5) is 20.4 Å². The third kappa shape index (κ3) is 4.31. The summed E-state index contributed by atoms with van der Waals surface area (Å²) in [4.78, 5) is 10.8. The number of hydrogen-bond donors (Lipinski definition) is 1. The van der Waals surface area contributed by atoms with Gasteiger partial charge in [0.1, 0.15) is 5.75 Å². The van der Waals surface area contributed by atoms with Crippen LogP contribution >= 0.6 is 0 Å². The third-order valence-electron chi connectivity index (χ3n) is 3.96. The number of halogens is 2. The first-order chi connectivity index (χ1) is 11.6. The Morgan fingerprint density at radius 3 is 2.58 bits per heavy atom. The molecular formula is C17H20F2N4O. The van der Waals surface area contributed by atoms with Gasteiger partial charge in [-0.3, -0.25) is 0 Å². The molecule has 0 bridgehead atoms. The summed E-state index contributed by atoms with van der Waals surface area (Å²) in [6.45, 7) is 0.899. The summed E-state index contributed by atoms with van der Waals surface area (Å²) >= 11 is 0. The Bertz CT molecular complexity index is 649. The molecule has 1 saturated heterocycles. The van der Waals surface area contributed by atoms with Crippen LogP contribution in [0.5, 0.6) is 5.75 Å². The highest BCUT2D eigenvalue weighted by molar-refractivity contribution is 5.50. The molecule has 3 rings (SSSR count). The summed E-state index contributed by atoms with van der Waals surface area (Å²) in [6, 6.07) is 7.01. The maximum absolute atomic E-state index is 12.2. The Labute approximate surface area is 139 Å². The second-order valence-corrected chi connectivity index (χ2v) is 5.89. The number of anilines is 2. The minimum atomic E-state index is -2.80. The van der Waals surface area contributed by atoms with Crippen LogP contribution in [0.3, 0.4) is 0 Å². The van der Waals surface area contributed by atoms with Gasteiger partial charge >= 0.3 is 6.61 Å².